The Morgan fingerprint density at radius 2 is 1.02 bits per heavy atom. The molecule has 0 aliphatic carbocycles. The van der Waals surface area contributed by atoms with Gasteiger partial charge >= 0.3 is 0 Å². The summed E-state index contributed by atoms with van der Waals surface area (Å²) in [5.41, 5.74) is 18.8. The molecule has 0 saturated carbocycles. The van der Waals surface area contributed by atoms with Gasteiger partial charge in [-0.2, -0.15) is 0 Å². The Balaban J connectivity index is 1.26. The summed E-state index contributed by atoms with van der Waals surface area (Å²) in [4.78, 5) is 5.23. The van der Waals surface area contributed by atoms with Crippen molar-refractivity contribution in [3.05, 3.63) is 162 Å². The highest BCUT2D eigenvalue weighted by atomic mass is 28.3. The van der Waals surface area contributed by atoms with E-state index in [1.54, 1.807) is 0 Å². The van der Waals surface area contributed by atoms with Crippen LogP contribution in [0.5, 0.6) is 0 Å². The number of aryl methyl sites for hydroxylation is 1. The predicted octanol–water partition coefficient (Wildman–Crippen LogP) is 8.34. The molecule has 266 valence electrons. The fourth-order valence-electron chi connectivity index (χ4n) is 10.5. The van der Waals surface area contributed by atoms with Gasteiger partial charge in [0.1, 0.15) is 0 Å². The van der Waals surface area contributed by atoms with Crippen molar-refractivity contribution < 1.29 is 0 Å². The minimum atomic E-state index is -2.70. The molecule has 0 amide bonds. The largest absolute Gasteiger partial charge is 0.312 e. The highest BCUT2D eigenvalue weighted by molar-refractivity contribution is 7.24. The van der Waals surface area contributed by atoms with E-state index in [-0.39, 0.29) is 17.5 Å². The smallest absolute Gasteiger partial charge is 0.252 e. The Morgan fingerprint density at radius 1 is 0.455 bits per heavy atom. The van der Waals surface area contributed by atoms with Crippen LogP contribution in [0.4, 0.5) is 34.1 Å². The van der Waals surface area contributed by atoms with E-state index >= 15 is 0 Å². The molecule has 0 aromatic heterocycles. The normalized spacial score (nSPS) is 15.2. The molecule has 0 unspecified atom stereocenters. The van der Waals surface area contributed by atoms with Gasteiger partial charge in [0.15, 0.2) is 8.07 Å². The first kappa shape index (κ1) is 32.8. The molecule has 0 atom stereocenters. The molecule has 7 aromatic carbocycles. The molecule has 7 aromatic rings. The van der Waals surface area contributed by atoms with Crippen LogP contribution >= 0.6 is 0 Å². The van der Waals surface area contributed by atoms with Crippen LogP contribution in [-0.4, -0.2) is 14.8 Å². The van der Waals surface area contributed by atoms with Crippen LogP contribution in [-0.2, 0) is 10.8 Å². The lowest BCUT2D eigenvalue weighted by Gasteiger charge is -2.50. The molecule has 11 rings (SSSR count). The molecule has 0 fully saturated rings. The van der Waals surface area contributed by atoms with Crippen molar-refractivity contribution in [2.45, 2.75) is 59.3 Å². The molecule has 0 bridgehead atoms. The zero-order valence-electron chi connectivity index (χ0n) is 32.8. The van der Waals surface area contributed by atoms with Gasteiger partial charge in [-0.25, -0.2) is 0 Å². The Kier molecular flexibility index (Phi) is 6.57. The van der Waals surface area contributed by atoms with Gasteiger partial charge in [0.05, 0.1) is 0 Å². The minimum absolute atomic E-state index is 0.00853. The van der Waals surface area contributed by atoms with E-state index in [4.69, 9.17) is 0 Å². The quantitative estimate of drug-likeness (QED) is 0.157. The first-order chi connectivity index (χ1) is 26.5. The van der Waals surface area contributed by atoms with Gasteiger partial charge in [0, 0.05) is 34.1 Å². The van der Waals surface area contributed by atoms with Crippen LogP contribution in [0.1, 0.15) is 58.2 Å². The number of fused-ring (bicyclic) bond motifs is 13. The molecular weight excluding hydrogens is 679 g/mol. The third-order valence-electron chi connectivity index (χ3n) is 13.0. The van der Waals surface area contributed by atoms with E-state index in [9.17, 15) is 0 Å². The second-order valence-corrected chi connectivity index (χ2v) is 21.9. The monoisotopic (exact) mass is 724 g/mol. The second-order valence-electron chi connectivity index (χ2n) is 18.2. The van der Waals surface area contributed by atoms with Crippen molar-refractivity contribution >= 4 is 86.0 Å². The maximum Gasteiger partial charge on any atom is 0.252 e. The van der Waals surface area contributed by atoms with E-state index in [2.05, 4.69) is 204 Å². The maximum absolute atomic E-state index is 2.70. The highest BCUT2D eigenvalue weighted by Crippen LogP contribution is 2.47. The van der Waals surface area contributed by atoms with Crippen LogP contribution in [0.2, 0.25) is 0 Å². The summed E-state index contributed by atoms with van der Waals surface area (Å²) in [7, 11) is -2.70. The summed E-state index contributed by atoms with van der Waals surface area (Å²) < 4.78 is 0. The Labute approximate surface area is 327 Å². The van der Waals surface area contributed by atoms with E-state index in [0.717, 1.165) is 0 Å². The van der Waals surface area contributed by atoms with Gasteiger partial charge in [-0.3, -0.25) is 0 Å². The first-order valence-electron chi connectivity index (χ1n) is 19.9. The number of anilines is 6. The van der Waals surface area contributed by atoms with Crippen molar-refractivity contribution in [3.8, 4) is 11.1 Å². The summed E-state index contributed by atoms with van der Waals surface area (Å²) in [6.07, 6.45) is 0. The van der Waals surface area contributed by atoms with Crippen molar-refractivity contribution in [1.29, 1.82) is 0 Å². The summed E-state index contributed by atoms with van der Waals surface area (Å²) >= 11 is 0. The van der Waals surface area contributed by atoms with Crippen LogP contribution in [0, 0.1) is 6.92 Å². The van der Waals surface area contributed by atoms with E-state index in [0.29, 0.717) is 0 Å². The van der Waals surface area contributed by atoms with Gasteiger partial charge in [-0.05, 0) is 119 Å². The molecule has 4 heteroatoms. The minimum Gasteiger partial charge on any atom is -0.312 e. The average Bonchev–Trinajstić information content (AvgIpc) is 3.47. The molecule has 0 saturated heterocycles. The SMILES string of the molecule is Cc1cc2c3c(c1)N1c4ccccc4[Si]4(c5ccccc5-c5ccccc54)c4cccc(c41)B3c1cc(C(C)(C)C)ccc1N2c1ccc(C(C)(C)C)cc1. The average molecular weight is 725 g/mol. The highest BCUT2D eigenvalue weighted by Gasteiger charge is 2.56. The molecule has 4 heterocycles. The van der Waals surface area contributed by atoms with Gasteiger partial charge in [-0.15, -0.1) is 0 Å². The van der Waals surface area contributed by atoms with E-state index in [1.807, 2.05) is 0 Å². The Hall–Kier alpha value is -5.58. The van der Waals surface area contributed by atoms with Crippen molar-refractivity contribution in [3.63, 3.8) is 0 Å². The van der Waals surface area contributed by atoms with E-state index in [1.165, 1.54) is 99.1 Å². The van der Waals surface area contributed by atoms with Gasteiger partial charge < -0.3 is 9.80 Å². The summed E-state index contributed by atoms with van der Waals surface area (Å²) in [6.45, 7) is 16.3. The number of benzene rings is 7. The summed E-state index contributed by atoms with van der Waals surface area (Å²) in [5.74, 6) is 0. The molecule has 55 heavy (non-hydrogen) atoms. The third kappa shape index (κ3) is 4.26. The van der Waals surface area contributed by atoms with Crippen molar-refractivity contribution in [2.75, 3.05) is 9.80 Å². The second kappa shape index (κ2) is 11.0. The Bertz CT molecular complexity index is 2720. The molecular formula is C51H45BN2Si. The summed E-state index contributed by atoms with van der Waals surface area (Å²) in [5, 5.41) is 6.00. The lowest BCUT2D eigenvalue weighted by molar-refractivity contribution is 0.590. The topological polar surface area (TPSA) is 6.48 Å². The number of hydrogen-bond acceptors (Lipinski definition) is 2. The molecule has 0 N–H and O–H groups in total. The van der Waals surface area contributed by atoms with Gasteiger partial charge in [-0.1, -0.05) is 151 Å². The molecule has 2 nitrogen and oxygen atoms in total. The summed E-state index contributed by atoms with van der Waals surface area (Å²) in [6, 6.07) is 56.9. The number of rotatable bonds is 1. The molecule has 1 spiro atoms. The van der Waals surface area contributed by atoms with Gasteiger partial charge in [0.25, 0.3) is 6.71 Å². The van der Waals surface area contributed by atoms with Gasteiger partial charge in [0.2, 0.25) is 0 Å². The van der Waals surface area contributed by atoms with Crippen LogP contribution in [0.3, 0.4) is 0 Å². The number of para-hydroxylation sites is 2. The zero-order chi connectivity index (χ0) is 37.6. The zero-order valence-corrected chi connectivity index (χ0v) is 33.8. The molecule has 4 aliphatic rings. The standard InChI is InChI=1S/C51H45BN2Si/c1-32-29-42-48-43(30-32)54-41-18-10-13-21-46(41)55(44-19-11-8-15-36(44)37-16-9-12-20-45(37)55)47-22-14-17-38(49(47)54)52(48)39-31-34(51(5,6)7)25-28-40(39)53(42)35-26-23-33(24-27-35)50(2,3)4/h8-31H,1-7H3. The third-order valence-corrected chi connectivity index (χ3v) is 17.9. The Morgan fingerprint density at radius 3 is 1.67 bits per heavy atom. The lowest BCUT2D eigenvalue weighted by atomic mass is 9.33. The van der Waals surface area contributed by atoms with Crippen LogP contribution in [0.25, 0.3) is 11.1 Å². The van der Waals surface area contributed by atoms with E-state index < -0.39 is 8.07 Å². The molecule has 4 aliphatic heterocycles. The van der Waals surface area contributed by atoms with Crippen molar-refractivity contribution in [1.82, 2.24) is 0 Å². The number of nitrogens with zero attached hydrogens (tertiary/aromatic N) is 2. The fraction of sp³-hybridized carbons (Fsp3) is 0.176. The fourth-order valence-corrected chi connectivity index (χ4v) is 16.1. The predicted molar refractivity (Wildman–Crippen MR) is 239 cm³/mol. The maximum atomic E-state index is 2.67. The lowest BCUT2D eigenvalue weighted by Crippen LogP contribution is -2.77. The first-order valence-corrected chi connectivity index (χ1v) is 21.9. The van der Waals surface area contributed by atoms with Crippen LogP contribution < -0.4 is 46.9 Å². The van der Waals surface area contributed by atoms with Crippen molar-refractivity contribution in [2.24, 2.45) is 0 Å². The van der Waals surface area contributed by atoms with Crippen LogP contribution in [0.15, 0.2) is 146 Å². The molecule has 0 radical (unpaired) electrons. The number of hydrogen-bond donors (Lipinski definition) is 0.